The molecule has 0 aromatic heterocycles. The second-order valence-corrected chi connectivity index (χ2v) is 6.10. The summed E-state index contributed by atoms with van der Waals surface area (Å²) >= 11 is 5.95. The number of carbonyl (C=O) groups excluding carboxylic acids is 1. The number of benzene rings is 2. The first-order chi connectivity index (χ1) is 11.9. The summed E-state index contributed by atoms with van der Waals surface area (Å²) in [6, 6.07) is 10.0. The molecule has 6 nitrogen and oxygen atoms in total. The summed E-state index contributed by atoms with van der Waals surface area (Å²) in [5.41, 5.74) is 1.77. The molecule has 1 amide bonds. The van der Waals surface area contributed by atoms with Gasteiger partial charge in [0.1, 0.15) is 11.4 Å². The number of rotatable bonds is 7. The van der Waals surface area contributed by atoms with Crippen molar-refractivity contribution < 1.29 is 14.5 Å². The first-order valence-corrected chi connectivity index (χ1v) is 8.18. The largest absolute Gasteiger partial charge is 0.494 e. The molecule has 0 saturated carbocycles. The maximum Gasteiger partial charge on any atom is 0.293 e. The number of halogens is 1. The van der Waals surface area contributed by atoms with Gasteiger partial charge in [0, 0.05) is 17.5 Å². The Morgan fingerprint density at radius 1 is 1.24 bits per heavy atom. The zero-order chi connectivity index (χ0) is 18.4. The van der Waals surface area contributed by atoms with E-state index in [0.29, 0.717) is 23.8 Å². The van der Waals surface area contributed by atoms with Crippen molar-refractivity contribution in [2.24, 2.45) is 0 Å². The Labute approximate surface area is 150 Å². The van der Waals surface area contributed by atoms with Crippen LogP contribution in [0.1, 0.15) is 24.0 Å². The maximum atomic E-state index is 12.0. The molecule has 0 aliphatic heterocycles. The normalized spacial score (nSPS) is 10.4. The standard InChI is InChI=1S/C18H19ClN2O4/c1-12-5-8-16(17(10-12)21(23)24)20-18(22)4-3-9-25-14-6-7-15(19)13(2)11-14/h5-8,10-11H,3-4,9H2,1-2H3,(H,20,22). The van der Waals surface area contributed by atoms with Crippen LogP contribution in [0.15, 0.2) is 36.4 Å². The van der Waals surface area contributed by atoms with Crippen molar-refractivity contribution in [3.8, 4) is 5.75 Å². The van der Waals surface area contributed by atoms with Crippen LogP contribution in [-0.2, 0) is 4.79 Å². The fourth-order valence-electron chi connectivity index (χ4n) is 2.24. The van der Waals surface area contributed by atoms with Gasteiger partial charge in [0.2, 0.25) is 5.91 Å². The van der Waals surface area contributed by atoms with Crippen molar-refractivity contribution in [3.63, 3.8) is 0 Å². The van der Waals surface area contributed by atoms with E-state index in [1.807, 2.05) is 13.0 Å². The van der Waals surface area contributed by atoms with E-state index in [2.05, 4.69) is 5.32 Å². The topological polar surface area (TPSA) is 81.5 Å². The van der Waals surface area contributed by atoms with Gasteiger partial charge in [-0.3, -0.25) is 14.9 Å². The first kappa shape index (κ1) is 18.7. The molecule has 0 heterocycles. The van der Waals surface area contributed by atoms with E-state index >= 15 is 0 Å². The average Bonchev–Trinajstić information content (AvgIpc) is 2.56. The molecular weight excluding hydrogens is 344 g/mol. The zero-order valence-electron chi connectivity index (χ0n) is 14.0. The molecule has 2 rings (SSSR count). The lowest BCUT2D eigenvalue weighted by Gasteiger charge is -2.09. The van der Waals surface area contributed by atoms with Gasteiger partial charge in [0.05, 0.1) is 11.5 Å². The van der Waals surface area contributed by atoms with Crippen molar-refractivity contribution in [3.05, 3.63) is 62.7 Å². The summed E-state index contributed by atoms with van der Waals surface area (Å²) in [6.45, 7) is 4.01. The van der Waals surface area contributed by atoms with Crippen LogP contribution in [0.4, 0.5) is 11.4 Å². The lowest BCUT2D eigenvalue weighted by molar-refractivity contribution is -0.384. The van der Waals surface area contributed by atoms with Gasteiger partial charge in [0.25, 0.3) is 5.69 Å². The predicted octanol–water partition coefficient (Wildman–Crippen LogP) is 4.66. The number of amides is 1. The summed E-state index contributed by atoms with van der Waals surface area (Å²) in [4.78, 5) is 22.5. The van der Waals surface area contributed by atoms with Crippen molar-refractivity contribution in [2.75, 3.05) is 11.9 Å². The number of hydrogen-bond acceptors (Lipinski definition) is 4. The minimum Gasteiger partial charge on any atom is -0.494 e. The second kappa shape index (κ2) is 8.48. The van der Waals surface area contributed by atoms with E-state index in [4.69, 9.17) is 16.3 Å². The van der Waals surface area contributed by atoms with Crippen LogP contribution in [0.2, 0.25) is 5.02 Å². The molecule has 1 N–H and O–H groups in total. The Kier molecular flexibility index (Phi) is 6.36. The van der Waals surface area contributed by atoms with Gasteiger partial charge in [0.15, 0.2) is 0 Å². The van der Waals surface area contributed by atoms with E-state index in [1.54, 1.807) is 31.2 Å². The highest BCUT2D eigenvalue weighted by Crippen LogP contribution is 2.25. The zero-order valence-corrected chi connectivity index (χ0v) is 14.8. The summed E-state index contributed by atoms with van der Waals surface area (Å²) < 4.78 is 5.57. The maximum absolute atomic E-state index is 12.0. The second-order valence-electron chi connectivity index (χ2n) is 5.69. The van der Waals surface area contributed by atoms with Crippen LogP contribution in [0.25, 0.3) is 0 Å². The lowest BCUT2D eigenvalue weighted by atomic mass is 10.2. The third-order valence-corrected chi connectivity index (χ3v) is 3.99. The summed E-state index contributed by atoms with van der Waals surface area (Å²) in [6.07, 6.45) is 0.699. The Balaban J connectivity index is 1.83. The van der Waals surface area contributed by atoms with Crippen molar-refractivity contribution in [2.45, 2.75) is 26.7 Å². The number of nitro benzene ring substituents is 1. The molecule has 0 spiro atoms. The average molecular weight is 363 g/mol. The van der Waals surface area contributed by atoms with Gasteiger partial charge in [-0.1, -0.05) is 17.7 Å². The number of hydrogen-bond donors (Lipinski definition) is 1. The fraction of sp³-hybridized carbons (Fsp3) is 0.278. The van der Waals surface area contributed by atoms with Crippen LogP contribution < -0.4 is 10.1 Å². The highest BCUT2D eigenvalue weighted by atomic mass is 35.5. The molecule has 132 valence electrons. The van der Waals surface area contributed by atoms with E-state index in [-0.39, 0.29) is 23.7 Å². The summed E-state index contributed by atoms with van der Waals surface area (Å²) in [7, 11) is 0. The molecule has 0 bridgehead atoms. The molecule has 0 aliphatic rings. The molecule has 2 aromatic carbocycles. The number of aryl methyl sites for hydroxylation is 2. The molecule has 0 unspecified atom stereocenters. The Hall–Kier alpha value is -2.60. The van der Waals surface area contributed by atoms with Gasteiger partial charge in [-0.25, -0.2) is 0 Å². The van der Waals surface area contributed by atoms with E-state index in [9.17, 15) is 14.9 Å². The van der Waals surface area contributed by atoms with Crippen LogP contribution in [0.3, 0.4) is 0 Å². The molecule has 0 aliphatic carbocycles. The monoisotopic (exact) mass is 362 g/mol. The number of ether oxygens (including phenoxy) is 1. The molecule has 0 fully saturated rings. The van der Waals surface area contributed by atoms with Gasteiger partial charge in [-0.05, 0) is 55.7 Å². The molecule has 0 radical (unpaired) electrons. The number of anilines is 1. The highest BCUT2D eigenvalue weighted by Gasteiger charge is 2.15. The van der Waals surface area contributed by atoms with Crippen molar-refractivity contribution >= 4 is 28.9 Å². The Bertz CT molecular complexity index is 793. The number of carbonyl (C=O) groups is 1. The first-order valence-electron chi connectivity index (χ1n) is 7.80. The number of nitrogens with zero attached hydrogens (tertiary/aromatic N) is 1. The molecule has 25 heavy (non-hydrogen) atoms. The van der Waals surface area contributed by atoms with E-state index in [0.717, 1.165) is 11.1 Å². The van der Waals surface area contributed by atoms with Crippen molar-refractivity contribution in [1.82, 2.24) is 0 Å². The molecule has 2 aromatic rings. The van der Waals surface area contributed by atoms with Gasteiger partial charge < -0.3 is 10.1 Å². The van der Waals surface area contributed by atoms with Crippen LogP contribution in [0.5, 0.6) is 5.75 Å². The highest BCUT2D eigenvalue weighted by molar-refractivity contribution is 6.31. The minimum absolute atomic E-state index is 0.110. The Morgan fingerprint density at radius 3 is 2.68 bits per heavy atom. The van der Waals surface area contributed by atoms with Crippen LogP contribution in [-0.4, -0.2) is 17.4 Å². The predicted molar refractivity (Wildman–Crippen MR) is 97.4 cm³/mol. The fourth-order valence-corrected chi connectivity index (χ4v) is 2.36. The van der Waals surface area contributed by atoms with Crippen LogP contribution in [0, 0.1) is 24.0 Å². The number of nitrogens with one attached hydrogen (secondary N) is 1. The third-order valence-electron chi connectivity index (χ3n) is 3.57. The summed E-state index contributed by atoms with van der Waals surface area (Å²) in [5.74, 6) is 0.402. The van der Waals surface area contributed by atoms with E-state index < -0.39 is 4.92 Å². The van der Waals surface area contributed by atoms with Crippen LogP contribution >= 0.6 is 11.6 Å². The molecule has 7 heteroatoms. The molecule has 0 atom stereocenters. The van der Waals surface area contributed by atoms with E-state index in [1.165, 1.54) is 6.07 Å². The number of nitro groups is 1. The lowest BCUT2D eigenvalue weighted by Crippen LogP contribution is -2.14. The van der Waals surface area contributed by atoms with Gasteiger partial charge in [-0.15, -0.1) is 0 Å². The van der Waals surface area contributed by atoms with Gasteiger partial charge >= 0.3 is 0 Å². The summed E-state index contributed by atoms with van der Waals surface area (Å²) in [5, 5.41) is 14.3. The third kappa shape index (κ3) is 5.46. The minimum atomic E-state index is -0.505. The smallest absolute Gasteiger partial charge is 0.293 e. The SMILES string of the molecule is Cc1ccc(NC(=O)CCCOc2ccc(Cl)c(C)c2)c([N+](=O)[O-])c1. The van der Waals surface area contributed by atoms with Crippen molar-refractivity contribution in [1.29, 1.82) is 0 Å². The molecular formula is C18H19ClN2O4. The van der Waals surface area contributed by atoms with Gasteiger partial charge in [-0.2, -0.15) is 0 Å². The molecule has 0 saturated heterocycles. The Morgan fingerprint density at radius 2 is 2.00 bits per heavy atom. The quantitative estimate of drug-likeness (QED) is 0.441.